The fourth-order valence-corrected chi connectivity index (χ4v) is 1.02. The monoisotopic (exact) mass is 202 g/mol. The van der Waals surface area contributed by atoms with E-state index in [1.165, 1.54) is 12.1 Å². The lowest BCUT2D eigenvalue weighted by Crippen LogP contribution is -1.99. The Morgan fingerprint density at radius 3 is 2.54 bits per heavy atom. The van der Waals surface area contributed by atoms with Gasteiger partial charge in [0.2, 0.25) is 0 Å². The summed E-state index contributed by atoms with van der Waals surface area (Å²) in [7, 11) is 0. The molecule has 0 atom stereocenters. The molecule has 0 bridgehead atoms. The van der Waals surface area contributed by atoms with Gasteiger partial charge in [-0.05, 0) is 18.1 Å². The highest BCUT2D eigenvalue weighted by Gasteiger charge is 2.06. The molecule has 0 aliphatic rings. The van der Waals surface area contributed by atoms with Crippen LogP contribution in [0.4, 0.5) is 5.69 Å². The third kappa shape index (κ3) is 2.68. The zero-order valence-corrected chi connectivity index (χ0v) is 8.00. The first-order valence-electron chi connectivity index (χ1n) is 3.59. The van der Waals surface area contributed by atoms with Gasteiger partial charge in [-0.2, -0.15) is 0 Å². The van der Waals surface area contributed by atoms with E-state index < -0.39 is 4.92 Å². The number of rotatable bonds is 2. The van der Waals surface area contributed by atoms with Crippen molar-refractivity contribution in [3.05, 3.63) is 39.4 Å². The Morgan fingerprint density at radius 2 is 2.15 bits per heavy atom. The van der Waals surface area contributed by atoms with Crippen LogP contribution in [0.1, 0.15) is 11.1 Å². The molecule has 2 N–H and O–H groups in total. The molecule has 1 aromatic rings. The average Bonchev–Trinajstić information content (AvgIpc) is 2.04. The van der Waals surface area contributed by atoms with E-state index >= 15 is 0 Å². The van der Waals surface area contributed by atoms with Gasteiger partial charge >= 0.3 is 0 Å². The minimum Gasteiger partial charge on any atom is -0.326 e. The maximum atomic E-state index is 10.3. The third-order valence-corrected chi connectivity index (χ3v) is 1.76. The van der Waals surface area contributed by atoms with Crippen molar-refractivity contribution < 1.29 is 4.92 Å². The SMILES string of the molecule is Cc1cc([N+](=O)[O-])ccc1CN.Cl. The number of nitro benzene ring substituents is 1. The molecule has 0 radical (unpaired) electrons. The molecule has 13 heavy (non-hydrogen) atoms. The molecule has 0 saturated heterocycles. The molecule has 0 aliphatic carbocycles. The van der Waals surface area contributed by atoms with Gasteiger partial charge in [-0.25, -0.2) is 0 Å². The summed E-state index contributed by atoms with van der Waals surface area (Å²) in [5, 5.41) is 10.3. The van der Waals surface area contributed by atoms with E-state index in [0.717, 1.165) is 11.1 Å². The summed E-state index contributed by atoms with van der Waals surface area (Å²) in [6.45, 7) is 2.24. The summed E-state index contributed by atoms with van der Waals surface area (Å²) in [5.74, 6) is 0. The van der Waals surface area contributed by atoms with Crippen molar-refractivity contribution in [2.75, 3.05) is 0 Å². The van der Waals surface area contributed by atoms with Gasteiger partial charge < -0.3 is 5.73 Å². The Morgan fingerprint density at radius 1 is 1.54 bits per heavy atom. The van der Waals surface area contributed by atoms with Gasteiger partial charge in [0, 0.05) is 18.7 Å². The first kappa shape index (κ1) is 11.9. The number of nitrogens with zero attached hydrogens (tertiary/aromatic N) is 1. The average molecular weight is 203 g/mol. The molecule has 1 aromatic carbocycles. The number of nitro groups is 1. The number of hydrogen-bond acceptors (Lipinski definition) is 3. The fourth-order valence-electron chi connectivity index (χ4n) is 1.02. The van der Waals surface area contributed by atoms with Gasteiger partial charge in [0.05, 0.1) is 4.92 Å². The van der Waals surface area contributed by atoms with E-state index in [1.807, 2.05) is 6.92 Å². The molecule has 0 amide bonds. The highest BCUT2D eigenvalue weighted by atomic mass is 35.5. The fraction of sp³-hybridized carbons (Fsp3) is 0.250. The summed E-state index contributed by atoms with van der Waals surface area (Å²) < 4.78 is 0. The number of hydrogen-bond donors (Lipinski definition) is 1. The normalized spacial score (nSPS) is 9.08. The van der Waals surface area contributed by atoms with Gasteiger partial charge in [0.1, 0.15) is 0 Å². The highest BCUT2D eigenvalue weighted by molar-refractivity contribution is 5.85. The van der Waals surface area contributed by atoms with Crippen LogP contribution in [-0.2, 0) is 6.54 Å². The van der Waals surface area contributed by atoms with Crippen molar-refractivity contribution in [2.45, 2.75) is 13.5 Å². The summed E-state index contributed by atoms with van der Waals surface area (Å²) in [6, 6.07) is 4.69. The van der Waals surface area contributed by atoms with Gasteiger partial charge in [-0.1, -0.05) is 6.07 Å². The van der Waals surface area contributed by atoms with Crippen LogP contribution in [0.25, 0.3) is 0 Å². The van der Waals surface area contributed by atoms with E-state index in [2.05, 4.69) is 0 Å². The van der Waals surface area contributed by atoms with Crippen LogP contribution >= 0.6 is 12.4 Å². The minimum absolute atomic E-state index is 0. The second-order valence-electron chi connectivity index (χ2n) is 2.57. The van der Waals surface area contributed by atoms with Crippen molar-refractivity contribution >= 4 is 18.1 Å². The van der Waals surface area contributed by atoms with E-state index in [4.69, 9.17) is 5.73 Å². The molecule has 72 valence electrons. The minimum atomic E-state index is -0.409. The first-order valence-corrected chi connectivity index (χ1v) is 3.59. The number of benzene rings is 1. The van der Waals surface area contributed by atoms with Crippen LogP contribution in [0, 0.1) is 17.0 Å². The Labute approximate surface area is 82.3 Å². The van der Waals surface area contributed by atoms with Crippen LogP contribution in [0.5, 0.6) is 0 Å². The highest BCUT2D eigenvalue weighted by Crippen LogP contribution is 2.16. The van der Waals surface area contributed by atoms with Crippen molar-refractivity contribution in [3.63, 3.8) is 0 Å². The number of aryl methyl sites for hydroxylation is 1. The molecule has 5 heteroatoms. The smallest absolute Gasteiger partial charge is 0.269 e. The second-order valence-corrected chi connectivity index (χ2v) is 2.57. The lowest BCUT2D eigenvalue weighted by atomic mass is 10.1. The molecule has 0 saturated carbocycles. The van der Waals surface area contributed by atoms with Crippen LogP contribution in [0.3, 0.4) is 0 Å². The number of non-ortho nitro benzene ring substituents is 1. The predicted octanol–water partition coefficient (Wildman–Crippen LogP) is 1.78. The Kier molecular flexibility index (Phi) is 4.37. The molecular formula is C8H11ClN2O2. The van der Waals surface area contributed by atoms with Gasteiger partial charge in [-0.3, -0.25) is 10.1 Å². The summed E-state index contributed by atoms with van der Waals surface area (Å²) in [4.78, 5) is 9.92. The Hall–Kier alpha value is -1.13. The van der Waals surface area contributed by atoms with Crippen molar-refractivity contribution in [2.24, 2.45) is 5.73 Å². The standard InChI is InChI=1S/C8H10N2O2.ClH/c1-6-4-8(10(11)12)3-2-7(6)5-9;/h2-4H,5,9H2,1H3;1H. The lowest BCUT2D eigenvalue weighted by Gasteiger charge is -2.00. The molecule has 0 spiro atoms. The molecule has 4 nitrogen and oxygen atoms in total. The first-order chi connectivity index (χ1) is 5.65. The number of nitrogens with two attached hydrogens (primary N) is 1. The quantitative estimate of drug-likeness (QED) is 0.587. The van der Waals surface area contributed by atoms with Crippen molar-refractivity contribution in [1.29, 1.82) is 0 Å². The summed E-state index contributed by atoms with van der Waals surface area (Å²) >= 11 is 0. The molecule has 0 aliphatic heterocycles. The second kappa shape index (κ2) is 4.79. The van der Waals surface area contributed by atoms with Gasteiger partial charge in [-0.15, -0.1) is 12.4 Å². The van der Waals surface area contributed by atoms with Crippen LogP contribution < -0.4 is 5.73 Å². The molecule has 0 heterocycles. The van der Waals surface area contributed by atoms with Gasteiger partial charge in [0.15, 0.2) is 0 Å². The number of halogens is 1. The van der Waals surface area contributed by atoms with E-state index in [9.17, 15) is 10.1 Å². The lowest BCUT2D eigenvalue weighted by molar-refractivity contribution is -0.384. The maximum Gasteiger partial charge on any atom is 0.269 e. The molecule has 0 aromatic heterocycles. The van der Waals surface area contributed by atoms with Crippen molar-refractivity contribution in [1.82, 2.24) is 0 Å². The maximum absolute atomic E-state index is 10.3. The van der Waals surface area contributed by atoms with Crippen molar-refractivity contribution in [3.8, 4) is 0 Å². The van der Waals surface area contributed by atoms with E-state index in [-0.39, 0.29) is 18.1 Å². The van der Waals surface area contributed by atoms with E-state index in [1.54, 1.807) is 6.07 Å². The zero-order chi connectivity index (χ0) is 9.14. The Bertz CT molecular complexity index is 315. The van der Waals surface area contributed by atoms with E-state index in [0.29, 0.717) is 6.54 Å². The summed E-state index contributed by atoms with van der Waals surface area (Å²) in [6.07, 6.45) is 0. The van der Waals surface area contributed by atoms with Crippen LogP contribution in [-0.4, -0.2) is 4.92 Å². The topological polar surface area (TPSA) is 69.2 Å². The molecule has 1 rings (SSSR count). The summed E-state index contributed by atoms with van der Waals surface area (Å²) in [5.41, 5.74) is 7.33. The Balaban J connectivity index is 0.00000144. The molecular weight excluding hydrogens is 192 g/mol. The predicted molar refractivity (Wildman–Crippen MR) is 53.0 cm³/mol. The zero-order valence-electron chi connectivity index (χ0n) is 7.19. The van der Waals surface area contributed by atoms with Gasteiger partial charge in [0.25, 0.3) is 5.69 Å². The molecule has 0 fully saturated rings. The molecule has 0 unspecified atom stereocenters. The van der Waals surface area contributed by atoms with Crippen LogP contribution in [0.2, 0.25) is 0 Å². The largest absolute Gasteiger partial charge is 0.326 e. The third-order valence-electron chi connectivity index (χ3n) is 1.76. The van der Waals surface area contributed by atoms with Crippen LogP contribution in [0.15, 0.2) is 18.2 Å².